The van der Waals surface area contributed by atoms with Crippen LogP contribution in [0, 0.1) is 53.1 Å². The average Bonchev–Trinajstić information content (AvgIpc) is 0.803. The molecule has 0 aliphatic carbocycles. The fourth-order valence-electron chi connectivity index (χ4n) is 10.0. The molecule has 7 aromatic carbocycles. The molecule has 0 atom stereocenters. The number of imide groups is 1. The molecule has 0 spiro atoms. The normalized spacial score (nSPS) is 11.5. The van der Waals surface area contributed by atoms with Crippen LogP contribution in [0.25, 0.3) is 76.8 Å². The quantitative estimate of drug-likeness (QED) is 0.0149. The average molecular weight is 2050 g/mol. The zero-order valence-electron chi connectivity index (χ0n) is 54.6. The second-order valence-corrected chi connectivity index (χ2v) is 27.3. The van der Waals surface area contributed by atoms with E-state index in [1.807, 2.05) is 67.8 Å². The molecule has 0 unspecified atom stereocenters. The molecule has 2 amide bonds. The van der Waals surface area contributed by atoms with Gasteiger partial charge < -0.3 is 46.9 Å². The number of carbonyl (C=O) groups is 2. The molecule has 15 rings (SSSR count). The first-order valence-electron chi connectivity index (χ1n) is 30.6. The van der Waals surface area contributed by atoms with Crippen LogP contribution in [-0.4, -0.2) is 66.5 Å². The van der Waals surface area contributed by atoms with Gasteiger partial charge in [-0.15, -0.1) is 4.91 Å². The number of phenolic OH excluding ortho intramolecular Hbond substituents is 2. The van der Waals surface area contributed by atoms with Gasteiger partial charge in [-0.3, -0.25) is 60.8 Å². The Bertz CT molecular complexity index is 6180. The van der Waals surface area contributed by atoms with E-state index in [1.165, 1.54) is 97.1 Å². The molecule has 1 aliphatic rings. The van der Waals surface area contributed by atoms with E-state index >= 15 is 0 Å². The number of amides is 2. The van der Waals surface area contributed by atoms with Gasteiger partial charge in [0.2, 0.25) is 17.6 Å². The molecule has 1 saturated heterocycles. The van der Waals surface area contributed by atoms with Gasteiger partial charge in [-0.25, -0.2) is 33.6 Å². The van der Waals surface area contributed by atoms with Crippen LogP contribution in [0.3, 0.4) is 0 Å². The number of nitrogen functional groups attached to an aromatic ring is 1. The van der Waals surface area contributed by atoms with E-state index in [-0.39, 0.29) is 88.4 Å². The van der Waals surface area contributed by atoms with Gasteiger partial charge in [0.1, 0.15) is 54.1 Å². The van der Waals surface area contributed by atoms with Gasteiger partial charge >= 0.3 is 45.1 Å². The number of carbonyl (C=O) groups excluding carboxylic acids is 2. The highest BCUT2D eigenvalue weighted by atomic mass is 127. The molecule has 556 valence electrons. The minimum Gasteiger partial charge on any atom is -0.507 e. The molecule has 34 nitrogen and oxygen atoms in total. The molecule has 1 aliphatic heterocycles. The number of nitroso groups, excluding NO2 is 1. The van der Waals surface area contributed by atoms with E-state index in [0.29, 0.717) is 78.4 Å². The van der Waals surface area contributed by atoms with Gasteiger partial charge in [0.15, 0.2) is 0 Å². The summed E-state index contributed by atoms with van der Waals surface area (Å²) in [5, 5.41) is 70.0. The Hall–Kier alpha value is -11.3. The number of nitrogens with one attached hydrogen (secondary N) is 2. The number of benzene rings is 7. The summed E-state index contributed by atoms with van der Waals surface area (Å²) >= 11 is 10.1. The maximum atomic E-state index is 11.8. The highest BCUT2D eigenvalue weighted by molar-refractivity contribution is 14.1. The van der Waals surface area contributed by atoms with Gasteiger partial charge in [0.05, 0.1) is 46.1 Å². The number of phenols is 2. The second kappa shape index (κ2) is 37.0. The molecule has 0 radical (unpaired) electrons. The SMILES string of the molecule is Nc1ccc2oc(=O)ccc2c1I.O=C1CNCC(=O)N1CCCc1c([N+](=O)[O-])ccc2oc(=O)ccc12.O=Nc1ccc2oc(=O)ccc2c1I.O=c1ccc2c(I)c(NO)ccc2o1.O=c1ccc2c(I)c(O)ccc2o1.O=c1ccc2c(I)c([N+](=O)[O-])ccc2o1.O=c1ccc2c(O)c([N+](=O)[O-])ccc2o1. The third-order valence-corrected chi connectivity index (χ3v) is 20.8. The number of rotatable bonds is 9. The van der Waals surface area contributed by atoms with E-state index in [1.54, 1.807) is 60.7 Å². The summed E-state index contributed by atoms with van der Waals surface area (Å²) in [4.78, 5) is 142. The lowest BCUT2D eigenvalue weighted by Crippen LogP contribution is -2.52. The summed E-state index contributed by atoms with van der Waals surface area (Å²) in [6.07, 6.45) is 0.641. The van der Waals surface area contributed by atoms with Crippen LogP contribution in [-0.2, 0) is 16.0 Å². The number of hydrogen-bond acceptors (Lipinski definition) is 30. The van der Waals surface area contributed by atoms with Gasteiger partial charge in [-0.2, -0.15) is 0 Å². The summed E-state index contributed by atoms with van der Waals surface area (Å²) in [6.45, 7) is 0.389. The largest absolute Gasteiger partial charge is 0.507 e. The van der Waals surface area contributed by atoms with Crippen LogP contribution in [0.2, 0.25) is 0 Å². The second-order valence-electron chi connectivity index (χ2n) is 21.9. The van der Waals surface area contributed by atoms with Crippen molar-refractivity contribution in [3.05, 3.63) is 301 Å². The number of nitrogens with two attached hydrogens (primary N) is 1. The minimum absolute atomic E-state index is 0.0111. The topological polar surface area (TPSA) is 518 Å². The Morgan fingerprint density at radius 1 is 0.422 bits per heavy atom. The molecule has 0 saturated carbocycles. The molecule has 109 heavy (non-hydrogen) atoms. The fourth-order valence-corrected chi connectivity index (χ4v) is 13.6. The zero-order valence-corrected chi connectivity index (χ0v) is 65.4. The predicted octanol–water partition coefficient (Wildman–Crippen LogP) is 13.4. The number of anilines is 2. The van der Waals surface area contributed by atoms with Crippen molar-refractivity contribution < 1.29 is 70.7 Å². The van der Waals surface area contributed by atoms with Crippen molar-refractivity contribution in [3.63, 3.8) is 0 Å². The summed E-state index contributed by atoms with van der Waals surface area (Å²) in [7, 11) is 0. The smallest absolute Gasteiger partial charge is 0.336 e. The Morgan fingerprint density at radius 3 is 1.22 bits per heavy atom. The third-order valence-electron chi connectivity index (χ3n) is 15.1. The van der Waals surface area contributed by atoms with Crippen LogP contribution in [0.1, 0.15) is 12.0 Å². The maximum Gasteiger partial charge on any atom is 0.336 e. The lowest BCUT2D eigenvalue weighted by molar-refractivity contribution is -0.385. The van der Waals surface area contributed by atoms with E-state index < -0.39 is 48.7 Å². The number of hydrogen-bond donors (Lipinski definition) is 6. The molecule has 8 heterocycles. The fraction of sp³-hybridized carbons (Fsp3) is 0.0714. The van der Waals surface area contributed by atoms with Crippen molar-refractivity contribution >= 4 is 236 Å². The third kappa shape index (κ3) is 20.3. The molecular formula is C70H45I5N8O26. The first-order chi connectivity index (χ1) is 52.0. The molecule has 0 bridgehead atoms. The molecule has 7 aromatic heterocycles. The van der Waals surface area contributed by atoms with Crippen LogP contribution < -0.4 is 55.9 Å². The van der Waals surface area contributed by atoms with E-state index in [4.69, 9.17) is 41.9 Å². The summed E-state index contributed by atoms with van der Waals surface area (Å²) in [5.74, 6) is -0.924. The molecular weight excluding hydrogens is 2000 g/mol. The highest BCUT2D eigenvalue weighted by Gasteiger charge is 2.26. The minimum atomic E-state index is -0.708. The predicted molar refractivity (Wildman–Crippen MR) is 437 cm³/mol. The van der Waals surface area contributed by atoms with Crippen LogP contribution in [0.15, 0.2) is 240 Å². The van der Waals surface area contributed by atoms with Gasteiger partial charge in [0, 0.05) is 118 Å². The van der Waals surface area contributed by atoms with Crippen molar-refractivity contribution in [2.45, 2.75) is 12.8 Å². The molecule has 39 heteroatoms. The summed E-state index contributed by atoms with van der Waals surface area (Å²) < 4.78 is 38.1. The van der Waals surface area contributed by atoms with E-state index in [0.717, 1.165) is 45.7 Å². The van der Waals surface area contributed by atoms with E-state index in [2.05, 4.69) is 61.2 Å². The monoisotopic (exact) mass is 2050 g/mol. The van der Waals surface area contributed by atoms with Crippen molar-refractivity contribution in [2.24, 2.45) is 5.18 Å². The Kier molecular flexibility index (Phi) is 27.8. The number of halogens is 5. The first-order valence-corrected chi connectivity index (χ1v) is 35.9. The van der Waals surface area contributed by atoms with Crippen molar-refractivity contribution in [2.75, 3.05) is 30.8 Å². The number of aryl methyl sites for hydroxylation is 1. The standard InChI is InChI=1S/C16H15N3O6.C9H4INO4.C9H6INO3.C9H4INO3.C9H6INO2.C9H5IO3.C9H5NO5/c20-14-8-17-9-15(21)18(14)7-1-2-10-11-3-6-16(22)25-13(11)5-4-12(10)19(23)24;10-9-5-1-4-8(12)15-7(5)3-2-6(9)11(13)14;2*10-9-5-1-4-8(12)14-7(5)3-2-6(9)11-13;2*10-9-5-1-4-8(12)13-7(5)3-2-6(9)11;11-8-4-1-5-7(15-8)3-2-6(9(5)12)10(13)14/h3-6,17H,1-2,7-9H2;1-4H;1-4,11,13H;1-4H;1-4H,11H2;1-4,11H;1-4,12H. The lowest BCUT2D eigenvalue weighted by atomic mass is 10.0. The summed E-state index contributed by atoms with van der Waals surface area (Å²) in [6, 6.07) is 40.6. The van der Waals surface area contributed by atoms with Crippen LogP contribution >= 0.6 is 113 Å². The van der Waals surface area contributed by atoms with Gasteiger partial charge in [-0.1, -0.05) is 0 Å². The first kappa shape index (κ1) is 81.8. The van der Waals surface area contributed by atoms with Crippen molar-refractivity contribution in [1.29, 1.82) is 0 Å². The number of nitro benzene ring substituents is 3. The molecule has 14 aromatic rings. The van der Waals surface area contributed by atoms with Gasteiger partial charge in [0.25, 0.3) is 11.4 Å². The van der Waals surface area contributed by atoms with Crippen LogP contribution in [0.5, 0.6) is 11.5 Å². The number of piperazine rings is 1. The Morgan fingerprint density at radius 2 is 0.771 bits per heavy atom. The van der Waals surface area contributed by atoms with Crippen molar-refractivity contribution in [1.82, 2.24) is 10.2 Å². The number of nitro groups is 3. The highest BCUT2D eigenvalue weighted by Crippen LogP contribution is 2.35. The molecule has 1 fully saturated rings. The van der Waals surface area contributed by atoms with Crippen molar-refractivity contribution in [3.8, 4) is 11.5 Å². The Labute approximate surface area is 672 Å². The molecule has 7 N–H and O–H groups in total. The van der Waals surface area contributed by atoms with E-state index in [9.17, 15) is 88.6 Å². The van der Waals surface area contributed by atoms with Gasteiger partial charge in [-0.05, 0) is 240 Å². The van der Waals surface area contributed by atoms with Crippen LogP contribution in [0.4, 0.5) is 34.1 Å². The maximum absolute atomic E-state index is 11.8. The lowest BCUT2D eigenvalue weighted by Gasteiger charge is -2.25. The number of aromatic hydroxyl groups is 2. The summed E-state index contributed by atoms with van der Waals surface area (Å²) in [5.41, 5.74) is 9.05. The number of nitrogens with zero attached hydrogens (tertiary/aromatic N) is 5. The zero-order chi connectivity index (χ0) is 79.1. The Balaban J connectivity index is 0.000000149. The number of fused-ring (bicyclic) bond motifs is 7.